The van der Waals surface area contributed by atoms with Crippen LogP contribution in [0, 0.1) is 12.8 Å². The van der Waals surface area contributed by atoms with E-state index < -0.39 is 11.9 Å². The molecule has 9 heteroatoms. The summed E-state index contributed by atoms with van der Waals surface area (Å²) in [4.78, 5) is 52.5. The fraction of sp³-hybridized carbons (Fsp3) is 0.333. The molecule has 8 nitrogen and oxygen atoms in total. The van der Waals surface area contributed by atoms with Crippen LogP contribution in [0.3, 0.4) is 0 Å². The minimum absolute atomic E-state index is 0.00233. The third-order valence-corrected chi connectivity index (χ3v) is 6.03. The van der Waals surface area contributed by atoms with E-state index in [1.165, 1.54) is 16.9 Å². The Morgan fingerprint density at radius 1 is 1.00 bits per heavy atom. The van der Waals surface area contributed by atoms with Crippen LogP contribution in [0.4, 0.5) is 11.4 Å². The first kappa shape index (κ1) is 22.8. The number of rotatable bonds is 5. The fourth-order valence-corrected chi connectivity index (χ4v) is 4.30. The van der Waals surface area contributed by atoms with Crippen molar-refractivity contribution in [2.45, 2.75) is 32.6 Å². The van der Waals surface area contributed by atoms with Gasteiger partial charge in [-0.1, -0.05) is 11.6 Å². The first-order valence-corrected chi connectivity index (χ1v) is 11.0. The molecular weight excluding hydrogens is 448 g/mol. The molecule has 0 aromatic heterocycles. The zero-order chi connectivity index (χ0) is 23.7. The molecule has 2 aromatic rings. The van der Waals surface area contributed by atoms with Crippen molar-refractivity contribution < 1.29 is 28.7 Å². The molecule has 0 N–H and O–H groups in total. The molecule has 33 heavy (non-hydrogen) atoms. The monoisotopic (exact) mass is 470 g/mol. The van der Waals surface area contributed by atoms with Crippen LogP contribution in [0.25, 0.3) is 0 Å². The van der Waals surface area contributed by atoms with E-state index in [1.54, 1.807) is 43.3 Å². The Balaban J connectivity index is 1.47. The highest BCUT2D eigenvalue weighted by Gasteiger charge is 2.38. The summed E-state index contributed by atoms with van der Waals surface area (Å²) in [5.74, 6) is -1.14. The third kappa shape index (κ3) is 4.57. The van der Waals surface area contributed by atoms with E-state index in [2.05, 4.69) is 0 Å². The van der Waals surface area contributed by atoms with Crippen LogP contribution < -0.4 is 19.3 Å². The highest BCUT2D eigenvalue weighted by Crippen LogP contribution is 2.36. The van der Waals surface area contributed by atoms with Crippen LogP contribution >= 0.6 is 11.6 Å². The van der Waals surface area contributed by atoms with Crippen LogP contribution in [-0.4, -0.2) is 37.3 Å². The second-order valence-electron chi connectivity index (χ2n) is 8.07. The van der Waals surface area contributed by atoms with Gasteiger partial charge in [-0.2, -0.15) is 0 Å². The van der Waals surface area contributed by atoms with Gasteiger partial charge in [0.15, 0.2) is 0 Å². The number of aryl methyl sites for hydroxylation is 1. The lowest BCUT2D eigenvalue weighted by Crippen LogP contribution is -2.40. The number of ether oxygens (including phenoxy) is 2. The molecule has 2 aliphatic heterocycles. The molecule has 1 atom stereocenters. The van der Waals surface area contributed by atoms with Gasteiger partial charge in [0.2, 0.25) is 17.7 Å². The quantitative estimate of drug-likeness (QED) is 0.376. The Morgan fingerprint density at radius 3 is 2.39 bits per heavy atom. The number of methoxy groups -OCH3 is 1. The number of piperidine rings is 1. The Hall–Kier alpha value is -3.39. The van der Waals surface area contributed by atoms with Gasteiger partial charge in [0.05, 0.1) is 24.4 Å². The molecule has 2 fully saturated rings. The van der Waals surface area contributed by atoms with Gasteiger partial charge in [0.25, 0.3) is 0 Å². The van der Waals surface area contributed by atoms with Crippen LogP contribution in [-0.2, 0) is 19.2 Å². The van der Waals surface area contributed by atoms with Crippen molar-refractivity contribution in [3.8, 4) is 11.5 Å². The number of amides is 3. The lowest BCUT2D eigenvalue weighted by atomic mass is 10.1. The molecule has 4 rings (SSSR count). The molecule has 172 valence electrons. The summed E-state index contributed by atoms with van der Waals surface area (Å²) in [5, 5.41) is 0.450. The van der Waals surface area contributed by atoms with Crippen molar-refractivity contribution in [1.82, 2.24) is 0 Å². The van der Waals surface area contributed by atoms with Gasteiger partial charge in [0.1, 0.15) is 11.5 Å². The van der Waals surface area contributed by atoms with Crippen molar-refractivity contribution in [3.05, 3.63) is 47.0 Å². The fourth-order valence-electron chi connectivity index (χ4n) is 4.14. The number of anilines is 2. The normalized spacial score (nSPS) is 18.6. The molecule has 2 saturated heterocycles. The van der Waals surface area contributed by atoms with Gasteiger partial charge in [-0.3, -0.25) is 24.1 Å². The lowest BCUT2D eigenvalue weighted by Gasteiger charge is -2.26. The summed E-state index contributed by atoms with van der Waals surface area (Å²) < 4.78 is 10.8. The molecule has 0 aliphatic carbocycles. The molecule has 0 spiro atoms. The SMILES string of the molecule is COc1ccc(Cl)cc1N1C[C@@H](C(=O)Oc2ccc(N3C(=O)CCCC3=O)c(C)c2)CC1=O. The average molecular weight is 471 g/mol. The van der Waals surface area contributed by atoms with E-state index in [4.69, 9.17) is 21.1 Å². The molecule has 2 heterocycles. The van der Waals surface area contributed by atoms with Gasteiger partial charge >= 0.3 is 5.97 Å². The minimum atomic E-state index is -0.661. The first-order chi connectivity index (χ1) is 15.8. The molecule has 2 aliphatic rings. The highest BCUT2D eigenvalue weighted by atomic mass is 35.5. The van der Waals surface area contributed by atoms with Gasteiger partial charge in [0, 0.05) is 30.8 Å². The third-order valence-electron chi connectivity index (χ3n) is 5.80. The summed E-state index contributed by atoms with van der Waals surface area (Å²) in [6.45, 7) is 1.89. The van der Waals surface area contributed by atoms with E-state index in [0.717, 1.165) is 0 Å². The lowest BCUT2D eigenvalue weighted by molar-refractivity contribution is -0.139. The summed E-state index contributed by atoms with van der Waals surface area (Å²) >= 11 is 6.08. The van der Waals surface area contributed by atoms with Crippen molar-refractivity contribution in [2.24, 2.45) is 5.92 Å². The molecule has 2 aromatic carbocycles. The summed E-state index contributed by atoms with van der Waals surface area (Å²) in [5.41, 5.74) is 1.62. The maximum absolute atomic E-state index is 12.8. The van der Waals surface area contributed by atoms with Crippen molar-refractivity contribution >= 4 is 46.7 Å². The Morgan fingerprint density at radius 2 is 1.73 bits per heavy atom. The van der Waals surface area contributed by atoms with E-state index in [9.17, 15) is 19.2 Å². The second kappa shape index (κ2) is 9.23. The predicted octanol–water partition coefficient (Wildman–Crippen LogP) is 3.66. The number of halogens is 1. The standard InChI is InChI=1S/C24H23ClN2O6/c1-14-10-17(7-8-18(14)27-21(28)4-3-5-22(27)29)33-24(31)15-11-23(30)26(13-15)19-12-16(25)6-9-20(19)32-2/h6-10,12,15H,3-5,11,13H2,1-2H3/t15-/m0/s1. The average Bonchev–Trinajstić information content (AvgIpc) is 3.16. The van der Waals surface area contributed by atoms with E-state index in [-0.39, 0.29) is 36.4 Å². The number of hydrogen-bond donors (Lipinski definition) is 0. The number of carbonyl (C=O) groups is 4. The Labute approximate surface area is 196 Å². The Bertz CT molecular complexity index is 1130. The van der Waals surface area contributed by atoms with Crippen LogP contribution in [0.2, 0.25) is 5.02 Å². The minimum Gasteiger partial charge on any atom is -0.495 e. The van der Waals surface area contributed by atoms with Gasteiger partial charge < -0.3 is 14.4 Å². The number of imide groups is 1. The van der Waals surface area contributed by atoms with Crippen molar-refractivity contribution in [1.29, 1.82) is 0 Å². The molecule has 0 radical (unpaired) electrons. The van der Waals surface area contributed by atoms with E-state index in [0.29, 0.717) is 47.0 Å². The number of esters is 1. The Kier molecular flexibility index (Phi) is 6.37. The smallest absolute Gasteiger partial charge is 0.316 e. The molecule has 0 unspecified atom stereocenters. The highest BCUT2D eigenvalue weighted by molar-refractivity contribution is 6.31. The number of benzene rings is 2. The topological polar surface area (TPSA) is 93.2 Å². The summed E-state index contributed by atoms with van der Waals surface area (Å²) in [7, 11) is 1.50. The zero-order valence-corrected chi connectivity index (χ0v) is 19.1. The zero-order valence-electron chi connectivity index (χ0n) is 18.3. The summed E-state index contributed by atoms with van der Waals surface area (Å²) in [6, 6.07) is 9.70. The largest absolute Gasteiger partial charge is 0.495 e. The van der Waals surface area contributed by atoms with E-state index in [1.807, 2.05) is 0 Å². The number of hydrogen-bond acceptors (Lipinski definition) is 6. The van der Waals surface area contributed by atoms with Crippen LogP contribution in [0.5, 0.6) is 11.5 Å². The van der Waals surface area contributed by atoms with Crippen molar-refractivity contribution in [2.75, 3.05) is 23.5 Å². The molecule has 0 saturated carbocycles. The van der Waals surface area contributed by atoms with E-state index >= 15 is 0 Å². The van der Waals surface area contributed by atoms with Gasteiger partial charge in [-0.25, -0.2) is 0 Å². The molecule has 3 amide bonds. The van der Waals surface area contributed by atoms with Gasteiger partial charge in [-0.05, 0) is 55.3 Å². The molecule has 0 bridgehead atoms. The number of carbonyl (C=O) groups excluding carboxylic acids is 4. The van der Waals surface area contributed by atoms with Gasteiger partial charge in [-0.15, -0.1) is 0 Å². The maximum atomic E-state index is 12.8. The summed E-state index contributed by atoms with van der Waals surface area (Å²) in [6.07, 6.45) is 1.21. The first-order valence-electron chi connectivity index (χ1n) is 10.6. The second-order valence-corrected chi connectivity index (χ2v) is 8.50. The van der Waals surface area contributed by atoms with Crippen LogP contribution in [0.15, 0.2) is 36.4 Å². The van der Waals surface area contributed by atoms with Crippen molar-refractivity contribution in [3.63, 3.8) is 0 Å². The molecular formula is C24H23ClN2O6. The number of nitrogens with zero attached hydrogens (tertiary/aromatic N) is 2. The maximum Gasteiger partial charge on any atom is 0.316 e. The predicted molar refractivity (Wildman–Crippen MR) is 122 cm³/mol. The van der Waals surface area contributed by atoms with Crippen LogP contribution in [0.1, 0.15) is 31.2 Å².